The second-order valence-electron chi connectivity index (χ2n) is 4.58. The molecule has 116 valence electrons. The Morgan fingerprint density at radius 1 is 1.48 bits per heavy atom. The molecule has 3 amide bonds. The van der Waals surface area contributed by atoms with E-state index in [1.54, 1.807) is 10.9 Å². The highest BCUT2D eigenvalue weighted by molar-refractivity contribution is 5.83. The molecule has 0 aromatic carbocycles. The standard InChI is InChI=1S/C12H19N5O4/c1-8-6-15-17(7-8)5-4-14-12(21)16-9(11(19)20)2-3-10(13)18/h6-7,9H,2-5H2,1H3,(H2,13,18)(H,19,20)(H2,14,16,21). The van der Waals surface area contributed by atoms with Gasteiger partial charge in [0.25, 0.3) is 0 Å². The number of rotatable bonds is 8. The van der Waals surface area contributed by atoms with Crippen LogP contribution in [-0.4, -0.2) is 45.4 Å². The number of carbonyl (C=O) groups is 3. The van der Waals surface area contributed by atoms with Crippen molar-refractivity contribution in [3.63, 3.8) is 0 Å². The Bertz CT molecular complexity index is 514. The number of aromatic nitrogens is 2. The Labute approximate surface area is 121 Å². The molecule has 0 saturated heterocycles. The first-order valence-electron chi connectivity index (χ1n) is 6.43. The van der Waals surface area contributed by atoms with Crippen LogP contribution in [0, 0.1) is 6.92 Å². The Morgan fingerprint density at radius 2 is 2.19 bits per heavy atom. The first-order chi connectivity index (χ1) is 9.88. The third-order valence-corrected chi connectivity index (χ3v) is 2.67. The van der Waals surface area contributed by atoms with Gasteiger partial charge in [0.2, 0.25) is 5.91 Å². The second-order valence-corrected chi connectivity index (χ2v) is 4.58. The van der Waals surface area contributed by atoms with E-state index in [4.69, 9.17) is 10.8 Å². The summed E-state index contributed by atoms with van der Waals surface area (Å²) in [7, 11) is 0. The largest absolute Gasteiger partial charge is 0.480 e. The first-order valence-corrected chi connectivity index (χ1v) is 6.43. The van der Waals surface area contributed by atoms with Crippen LogP contribution in [0.25, 0.3) is 0 Å². The number of carboxylic acids is 1. The van der Waals surface area contributed by atoms with Crippen molar-refractivity contribution in [3.05, 3.63) is 18.0 Å². The lowest BCUT2D eigenvalue weighted by Gasteiger charge is -2.14. The van der Waals surface area contributed by atoms with Gasteiger partial charge in [0.1, 0.15) is 6.04 Å². The van der Waals surface area contributed by atoms with E-state index in [0.29, 0.717) is 13.1 Å². The molecule has 1 aromatic rings. The van der Waals surface area contributed by atoms with E-state index >= 15 is 0 Å². The molecular formula is C12H19N5O4. The van der Waals surface area contributed by atoms with E-state index in [1.165, 1.54) is 0 Å². The van der Waals surface area contributed by atoms with Crippen molar-refractivity contribution in [2.24, 2.45) is 5.73 Å². The fourth-order valence-corrected chi connectivity index (χ4v) is 1.63. The van der Waals surface area contributed by atoms with Gasteiger partial charge in [-0.3, -0.25) is 9.48 Å². The fourth-order valence-electron chi connectivity index (χ4n) is 1.63. The molecule has 1 atom stereocenters. The Morgan fingerprint density at radius 3 is 2.71 bits per heavy atom. The van der Waals surface area contributed by atoms with Crippen molar-refractivity contribution in [2.45, 2.75) is 32.4 Å². The molecule has 0 radical (unpaired) electrons. The maximum Gasteiger partial charge on any atom is 0.326 e. The summed E-state index contributed by atoms with van der Waals surface area (Å²) < 4.78 is 1.66. The number of nitrogens with zero attached hydrogens (tertiary/aromatic N) is 2. The number of nitrogens with one attached hydrogen (secondary N) is 2. The minimum Gasteiger partial charge on any atom is -0.480 e. The SMILES string of the molecule is Cc1cnn(CCNC(=O)NC(CCC(N)=O)C(=O)O)c1. The van der Waals surface area contributed by atoms with Gasteiger partial charge in [-0.1, -0.05) is 0 Å². The van der Waals surface area contributed by atoms with E-state index in [2.05, 4.69) is 15.7 Å². The quantitative estimate of drug-likeness (QED) is 0.498. The summed E-state index contributed by atoms with van der Waals surface area (Å²) in [5, 5.41) is 17.8. The number of aliphatic carboxylic acids is 1. The van der Waals surface area contributed by atoms with E-state index in [9.17, 15) is 14.4 Å². The van der Waals surface area contributed by atoms with E-state index in [0.717, 1.165) is 5.56 Å². The number of hydrogen-bond donors (Lipinski definition) is 4. The summed E-state index contributed by atoms with van der Waals surface area (Å²) in [4.78, 5) is 33.1. The third kappa shape index (κ3) is 6.41. The van der Waals surface area contributed by atoms with Crippen molar-refractivity contribution < 1.29 is 19.5 Å². The van der Waals surface area contributed by atoms with Gasteiger partial charge in [-0.15, -0.1) is 0 Å². The molecule has 21 heavy (non-hydrogen) atoms. The topological polar surface area (TPSA) is 139 Å². The molecule has 9 nitrogen and oxygen atoms in total. The third-order valence-electron chi connectivity index (χ3n) is 2.67. The molecule has 0 saturated carbocycles. The van der Waals surface area contributed by atoms with Crippen LogP contribution in [0.4, 0.5) is 4.79 Å². The Balaban J connectivity index is 2.32. The average Bonchev–Trinajstić information content (AvgIpc) is 2.79. The van der Waals surface area contributed by atoms with Crippen molar-refractivity contribution in [1.29, 1.82) is 0 Å². The van der Waals surface area contributed by atoms with Gasteiger partial charge in [-0.25, -0.2) is 9.59 Å². The molecule has 1 unspecified atom stereocenters. The maximum absolute atomic E-state index is 11.6. The van der Waals surface area contributed by atoms with Crippen LogP contribution < -0.4 is 16.4 Å². The molecule has 1 heterocycles. The molecule has 1 aromatic heterocycles. The highest BCUT2D eigenvalue weighted by Crippen LogP contribution is 1.97. The normalized spacial score (nSPS) is 11.7. The Hall–Kier alpha value is -2.58. The smallest absolute Gasteiger partial charge is 0.326 e. The van der Waals surface area contributed by atoms with Gasteiger partial charge in [0.15, 0.2) is 0 Å². The van der Waals surface area contributed by atoms with E-state index < -0.39 is 23.9 Å². The number of hydrogen-bond acceptors (Lipinski definition) is 4. The van der Waals surface area contributed by atoms with Crippen LogP contribution in [-0.2, 0) is 16.1 Å². The monoisotopic (exact) mass is 297 g/mol. The van der Waals surface area contributed by atoms with Crippen molar-refractivity contribution in [1.82, 2.24) is 20.4 Å². The number of nitrogens with two attached hydrogens (primary N) is 1. The van der Waals surface area contributed by atoms with E-state index in [1.807, 2.05) is 13.1 Å². The summed E-state index contributed by atoms with van der Waals surface area (Å²) in [6.07, 6.45) is 3.37. The van der Waals surface area contributed by atoms with Crippen LogP contribution >= 0.6 is 0 Å². The number of urea groups is 1. The lowest BCUT2D eigenvalue weighted by Crippen LogP contribution is -2.47. The highest BCUT2D eigenvalue weighted by Gasteiger charge is 2.20. The minimum absolute atomic E-state index is 0.0452. The predicted octanol–water partition coefficient (Wildman–Crippen LogP) is -0.791. The zero-order valence-electron chi connectivity index (χ0n) is 11.7. The van der Waals surface area contributed by atoms with Gasteiger partial charge in [0, 0.05) is 19.2 Å². The molecule has 0 aliphatic carbocycles. The second kappa shape index (κ2) is 7.88. The van der Waals surface area contributed by atoms with Crippen LogP contribution in [0.5, 0.6) is 0 Å². The van der Waals surface area contributed by atoms with Crippen LogP contribution in [0.15, 0.2) is 12.4 Å². The molecule has 0 aliphatic heterocycles. The molecule has 0 fully saturated rings. The number of aryl methyl sites for hydroxylation is 1. The van der Waals surface area contributed by atoms with Gasteiger partial charge in [0.05, 0.1) is 12.7 Å². The zero-order chi connectivity index (χ0) is 15.8. The summed E-state index contributed by atoms with van der Waals surface area (Å²) in [5.41, 5.74) is 5.96. The molecule has 0 spiro atoms. The molecule has 0 bridgehead atoms. The summed E-state index contributed by atoms with van der Waals surface area (Å²) in [5.74, 6) is -1.83. The minimum atomic E-state index is -1.21. The van der Waals surface area contributed by atoms with Crippen molar-refractivity contribution in [3.8, 4) is 0 Å². The average molecular weight is 297 g/mol. The van der Waals surface area contributed by atoms with Crippen LogP contribution in [0.3, 0.4) is 0 Å². The van der Waals surface area contributed by atoms with Gasteiger partial charge < -0.3 is 21.5 Å². The summed E-state index contributed by atoms with van der Waals surface area (Å²) in [6.45, 7) is 2.68. The Kier molecular flexibility index (Phi) is 6.18. The van der Waals surface area contributed by atoms with Gasteiger partial charge in [-0.2, -0.15) is 5.10 Å². The molecule has 5 N–H and O–H groups in total. The number of carboxylic acid groups (broad SMARTS) is 1. The number of amides is 3. The van der Waals surface area contributed by atoms with Crippen molar-refractivity contribution in [2.75, 3.05) is 6.54 Å². The van der Waals surface area contributed by atoms with E-state index in [-0.39, 0.29) is 12.8 Å². The number of carbonyl (C=O) groups excluding carboxylic acids is 2. The highest BCUT2D eigenvalue weighted by atomic mass is 16.4. The molecule has 9 heteroatoms. The van der Waals surface area contributed by atoms with Gasteiger partial charge >= 0.3 is 12.0 Å². The molecule has 0 aliphatic rings. The zero-order valence-corrected chi connectivity index (χ0v) is 11.7. The maximum atomic E-state index is 11.6. The first kappa shape index (κ1) is 16.5. The lowest BCUT2D eigenvalue weighted by atomic mass is 10.1. The number of primary amides is 1. The molecule has 1 rings (SSSR count). The van der Waals surface area contributed by atoms with Gasteiger partial charge in [-0.05, 0) is 18.9 Å². The van der Waals surface area contributed by atoms with Crippen LogP contribution in [0.1, 0.15) is 18.4 Å². The van der Waals surface area contributed by atoms with Crippen molar-refractivity contribution >= 4 is 17.9 Å². The summed E-state index contributed by atoms with van der Waals surface area (Å²) >= 11 is 0. The van der Waals surface area contributed by atoms with Crippen LogP contribution in [0.2, 0.25) is 0 Å². The summed E-state index contributed by atoms with van der Waals surface area (Å²) in [6, 6.07) is -1.76. The lowest BCUT2D eigenvalue weighted by molar-refractivity contribution is -0.139. The predicted molar refractivity (Wildman–Crippen MR) is 73.4 cm³/mol. The molecular weight excluding hydrogens is 278 g/mol. The fraction of sp³-hybridized carbons (Fsp3) is 0.500.